The molecule has 1 amide bonds. The van der Waals surface area contributed by atoms with Crippen molar-refractivity contribution in [2.45, 2.75) is 6.92 Å². The molecule has 0 aliphatic rings. The van der Waals surface area contributed by atoms with Gasteiger partial charge in [0, 0.05) is 5.02 Å². The van der Waals surface area contributed by atoms with Crippen molar-refractivity contribution in [3.8, 4) is 5.75 Å². The lowest BCUT2D eigenvalue weighted by Gasteiger charge is -2.09. The molecular weight excluding hydrogens is 462 g/mol. The molecular formula is C17H15BrClNO6S. The second kappa shape index (κ2) is 9.20. The van der Waals surface area contributed by atoms with Crippen LogP contribution in [-0.4, -0.2) is 38.7 Å². The molecule has 10 heteroatoms. The van der Waals surface area contributed by atoms with Gasteiger partial charge in [0.1, 0.15) is 15.6 Å². The van der Waals surface area contributed by atoms with Gasteiger partial charge >= 0.3 is 11.9 Å². The first-order valence-corrected chi connectivity index (χ1v) is 9.45. The van der Waals surface area contributed by atoms with E-state index in [-0.39, 0.29) is 22.0 Å². The van der Waals surface area contributed by atoms with Crippen LogP contribution in [-0.2, 0) is 14.3 Å². The van der Waals surface area contributed by atoms with E-state index in [4.69, 9.17) is 25.8 Å². The van der Waals surface area contributed by atoms with E-state index in [9.17, 15) is 14.4 Å². The summed E-state index contributed by atoms with van der Waals surface area (Å²) in [5, 5.41) is 3.27. The molecule has 0 aliphatic carbocycles. The molecule has 0 saturated heterocycles. The van der Waals surface area contributed by atoms with Crippen molar-refractivity contribution in [2.75, 3.05) is 26.1 Å². The number of carbonyl (C=O) groups is 3. The highest BCUT2D eigenvalue weighted by Crippen LogP contribution is 2.34. The van der Waals surface area contributed by atoms with Gasteiger partial charge in [0.2, 0.25) is 0 Å². The summed E-state index contributed by atoms with van der Waals surface area (Å²) >= 11 is 10.1. The summed E-state index contributed by atoms with van der Waals surface area (Å²) in [4.78, 5) is 36.4. The molecule has 144 valence electrons. The zero-order valence-corrected chi connectivity index (χ0v) is 17.7. The van der Waals surface area contributed by atoms with Crippen LogP contribution in [0.1, 0.15) is 25.6 Å². The molecule has 2 aromatic rings. The minimum Gasteiger partial charge on any atom is -0.483 e. The molecule has 1 N–H and O–H groups in total. The second-order valence-electron chi connectivity index (χ2n) is 5.16. The first-order valence-electron chi connectivity index (χ1n) is 7.46. The molecule has 0 fully saturated rings. The summed E-state index contributed by atoms with van der Waals surface area (Å²) < 4.78 is 15.5. The Balaban J connectivity index is 2.18. The number of amides is 1. The summed E-state index contributed by atoms with van der Waals surface area (Å²) in [5.74, 6) is -1.36. The molecule has 0 saturated carbocycles. The lowest BCUT2D eigenvalue weighted by atomic mass is 10.1. The maximum atomic E-state index is 12.2. The number of halogens is 2. The Labute approximate surface area is 172 Å². The van der Waals surface area contributed by atoms with E-state index in [1.54, 1.807) is 25.1 Å². The smallest absolute Gasteiger partial charge is 0.348 e. The Bertz CT molecular complexity index is 898. The van der Waals surface area contributed by atoms with Crippen molar-refractivity contribution >= 4 is 61.7 Å². The van der Waals surface area contributed by atoms with Gasteiger partial charge in [-0.25, -0.2) is 9.59 Å². The van der Waals surface area contributed by atoms with Gasteiger partial charge in [-0.15, -0.1) is 11.3 Å². The number of benzene rings is 1. The fraction of sp³-hybridized carbons (Fsp3) is 0.235. The molecule has 0 bridgehead atoms. The number of carbonyl (C=O) groups excluding carboxylic acids is 3. The van der Waals surface area contributed by atoms with Gasteiger partial charge in [-0.2, -0.15) is 0 Å². The SMILES string of the molecule is COC(=O)c1sc(NC(=O)COc2ccc(Cl)cc2Br)c(C(=O)OC)c1C. The van der Waals surface area contributed by atoms with Gasteiger partial charge in [-0.05, 0) is 46.6 Å². The van der Waals surface area contributed by atoms with Crippen LogP contribution in [0.15, 0.2) is 22.7 Å². The van der Waals surface area contributed by atoms with Crippen molar-refractivity contribution < 1.29 is 28.6 Å². The number of methoxy groups -OCH3 is 2. The van der Waals surface area contributed by atoms with Crippen LogP contribution >= 0.6 is 38.9 Å². The Morgan fingerprint density at radius 1 is 1.19 bits per heavy atom. The number of nitrogens with one attached hydrogen (secondary N) is 1. The van der Waals surface area contributed by atoms with Crippen molar-refractivity contribution in [3.63, 3.8) is 0 Å². The zero-order chi connectivity index (χ0) is 20.1. The largest absolute Gasteiger partial charge is 0.483 e. The highest BCUT2D eigenvalue weighted by Gasteiger charge is 2.26. The Morgan fingerprint density at radius 2 is 1.85 bits per heavy atom. The average molecular weight is 477 g/mol. The van der Waals surface area contributed by atoms with Crippen LogP contribution in [0.3, 0.4) is 0 Å². The Morgan fingerprint density at radius 3 is 2.44 bits per heavy atom. The van der Waals surface area contributed by atoms with Gasteiger partial charge in [0.05, 0.1) is 24.3 Å². The number of rotatable bonds is 6. The quantitative estimate of drug-likeness (QED) is 0.632. The Hall–Kier alpha value is -2.10. The summed E-state index contributed by atoms with van der Waals surface area (Å²) in [6, 6.07) is 4.87. The molecule has 0 unspecified atom stereocenters. The number of esters is 2. The highest BCUT2D eigenvalue weighted by molar-refractivity contribution is 9.10. The summed E-state index contributed by atoms with van der Waals surface area (Å²) in [7, 11) is 2.44. The summed E-state index contributed by atoms with van der Waals surface area (Å²) in [6.45, 7) is 1.26. The standard InChI is InChI=1S/C17H15BrClNO6S/c1-8-13(16(22)24-2)15(27-14(8)17(23)25-3)20-12(21)7-26-11-5-4-9(19)6-10(11)18/h4-6H,7H2,1-3H3,(H,20,21). The first kappa shape index (κ1) is 21.2. The van der Waals surface area contributed by atoms with Crippen molar-refractivity contribution in [3.05, 3.63) is 43.7 Å². The topological polar surface area (TPSA) is 90.9 Å². The van der Waals surface area contributed by atoms with Crippen LogP contribution in [0.5, 0.6) is 5.75 Å². The van der Waals surface area contributed by atoms with Crippen molar-refractivity contribution in [1.29, 1.82) is 0 Å². The lowest BCUT2D eigenvalue weighted by molar-refractivity contribution is -0.118. The zero-order valence-electron chi connectivity index (χ0n) is 14.6. The molecule has 7 nitrogen and oxygen atoms in total. The molecule has 2 rings (SSSR count). The molecule has 1 aromatic heterocycles. The first-order chi connectivity index (χ1) is 12.8. The van der Waals surface area contributed by atoms with Crippen LogP contribution < -0.4 is 10.1 Å². The molecule has 0 aliphatic heterocycles. The normalized spacial score (nSPS) is 10.3. The third-order valence-electron chi connectivity index (χ3n) is 3.41. The third-order valence-corrected chi connectivity index (χ3v) is 5.45. The average Bonchev–Trinajstić information content (AvgIpc) is 2.95. The molecule has 1 heterocycles. The molecule has 1 aromatic carbocycles. The van der Waals surface area contributed by atoms with Gasteiger partial charge in [0.25, 0.3) is 5.91 Å². The number of hydrogen-bond donors (Lipinski definition) is 1. The van der Waals surface area contributed by atoms with Crippen LogP contribution in [0, 0.1) is 6.92 Å². The third kappa shape index (κ3) is 5.00. The highest BCUT2D eigenvalue weighted by atomic mass is 79.9. The van der Waals surface area contributed by atoms with E-state index < -0.39 is 17.8 Å². The molecule has 27 heavy (non-hydrogen) atoms. The molecule has 0 radical (unpaired) electrons. The second-order valence-corrected chi connectivity index (χ2v) is 7.47. The maximum Gasteiger partial charge on any atom is 0.348 e. The van der Waals surface area contributed by atoms with E-state index in [1.165, 1.54) is 14.2 Å². The van der Waals surface area contributed by atoms with Crippen LogP contribution in [0.25, 0.3) is 0 Å². The van der Waals surface area contributed by atoms with E-state index >= 15 is 0 Å². The predicted octanol–water partition coefficient (Wildman–Crippen LogP) is 4.06. The number of thiophene rings is 1. The van der Waals surface area contributed by atoms with E-state index in [1.807, 2.05) is 0 Å². The molecule has 0 atom stereocenters. The van der Waals surface area contributed by atoms with E-state index in [2.05, 4.69) is 21.2 Å². The maximum absolute atomic E-state index is 12.2. The number of hydrogen-bond acceptors (Lipinski definition) is 7. The number of anilines is 1. The Kier molecular flexibility index (Phi) is 7.23. The van der Waals surface area contributed by atoms with E-state index in [0.29, 0.717) is 20.8 Å². The fourth-order valence-electron chi connectivity index (χ4n) is 2.14. The summed E-state index contributed by atoms with van der Waals surface area (Å²) in [6.07, 6.45) is 0. The van der Waals surface area contributed by atoms with Gasteiger partial charge in [-0.1, -0.05) is 11.6 Å². The van der Waals surface area contributed by atoms with E-state index in [0.717, 1.165) is 11.3 Å². The fourth-order valence-corrected chi connectivity index (χ4v) is 4.06. The van der Waals surface area contributed by atoms with Gasteiger partial charge in [-0.3, -0.25) is 4.79 Å². The molecule has 0 spiro atoms. The van der Waals surface area contributed by atoms with Gasteiger partial charge in [0.15, 0.2) is 6.61 Å². The monoisotopic (exact) mass is 475 g/mol. The van der Waals surface area contributed by atoms with Crippen molar-refractivity contribution in [1.82, 2.24) is 0 Å². The van der Waals surface area contributed by atoms with Gasteiger partial charge < -0.3 is 19.5 Å². The van der Waals surface area contributed by atoms with Crippen molar-refractivity contribution in [2.24, 2.45) is 0 Å². The van der Waals surface area contributed by atoms with Crippen LogP contribution in [0.4, 0.5) is 5.00 Å². The number of ether oxygens (including phenoxy) is 3. The minimum atomic E-state index is -0.671. The minimum absolute atomic E-state index is 0.101. The lowest BCUT2D eigenvalue weighted by Crippen LogP contribution is -2.21. The summed E-state index contributed by atoms with van der Waals surface area (Å²) in [5.41, 5.74) is 0.472. The van der Waals surface area contributed by atoms with Crippen LogP contribution in [0.2, 0.25) is 5.02 Å². The predicted molar refractivity (Wildman–Crippen MR) is 105 cm³/mol.